The van der Waals surface area contributed by atoms with Gasteiger partial charge in [-0.1, -0.05) is 18.7 Å². The number of ether oxygens (including phenoxy) is 6. The van der Waals surface area contributed by atoms with Crippen LogP contribution >= 0.6 is 0 Å². The van der Waals surface area contributed by atoms with Crippen LogP contribution in [0.5, 0.6) is 11.5 Å². The Hall–Kier alpha value is -4.02. The van der Waals surface area contributed by atoms with Crippen molar-refractivity contribution in [2.45, 2.75) is 39.0 Å². The number of carbonyl (C=O) groups is 4. The van der Waals surface area contributed by atoms with Crippen molar-refractivity contribution in [1.82, 2.24) is 0 Å². The lowest BCUT2D eigenvalue weighted by atomic mass is 9.80. The second kappa shape index (κ2) is 18.5. The first-order chi connectivity index (χ1) is 20.9. The molecule has 0 saturated heterocycles. The van der Waals surface area contributed by atoms with Crippen molar-refractivity contribution in [3.8, 4) is 11.5 Å². The van der Waals surface area contributed by atoms with Crippen LogP contribution in [0.3, 0.4) is 0 Å². The van der Waals surface area contributed by atoms with Gasteiger partial charge in [-0.2, -0.15) is 0 Å². The number of esters is 3. The molecular weight excluding hydrogens is 556 g/mol. The first kappa shape index (κ1) is 33.5. The largest absolute Gasteiger partial charge is 0.491 e. The highest BCUT2D eigenvalue weighted by Gasteiger charge is 2.29. The maximum atomic E-state index is 12.5. The van der Waals surface area contributed by atoms with Gasteiger partial charge in [-0.15, -0.1) is 0 Å². The summed E-state index contributed by atoms with van der Waals surface area (Å²) in [7, 11) is 0. The van der Waals surface area contributed by atoms with Crippen LogP contribution in [0.4, 0.5) is 0 Å². The van der Waals surface area contributed by atoms with E-state index in [4.69, 9.17) is 28.4 Å². The van der Waals surface area contributed by atoms with Crippen LogP contribution < -0.4 is 9.47 Å². The Morgan fingerprint density at radius 1 is 0.721 bits per heavy atom. The maximum Gasteiger partial charge on any atom is 0.338 e. The molecule has 1 aliphatic rings. The molecule has 0 aliphatic heterocycles. The van der Waals surface area contributed by atoms with Gasteiger partial charge in [0.15, 0.2) is 0 Å². The van der Waals surface area contributed by atoms with Gasteiger partial charge in [0.05, 0.1) is 44.5 Å². The summed E-state index contributed by atoms with van der Waals surface area (Å²) < 4.78 is 32.0. The van der Waals surface area contributed by atoms with E-state index in [1.54, 1.807) is 43.3 Å². The van der Waals surface area contributed by atoms with Crippen LogP contribution in [0.1, 0.15) is 48.5 Å². The summed E-state index contributed by atoms with van der Waals surface area (Å²) in [4.78, 5) is 47.3. The van der Waals surface area contributed by atoms with E-state index in [1.807, 2.05) is 12.1 Å². The zero-order valence-corrected chi connectivity index (χ0v) is 24.6. The maximum absolute atomic E-state index is 12.5. The Bertz CT molecular complexity index is 1180. The molecule has 0 amide bonds. The van der Waals surface area contributed by atoms with E-state index < -0.39 is 11.9 Å². The van der Waals surface area contributed by atoms with Gasteiger partial charge in [0, 0.05) is 18.4 Å². The molecule has 0 bridgehead atoms. The summed E-state index contributed by atoms with van der Waals surface area (Å²) in [5.74, 6) is -0.00230. The fourth-order valence-electron chi connectivity index (χ4n) is 4.49. The molecule has 1 aliphatic carbocycles. The quantitative estimate of drug-likeness (QED) is 0.105. The smallest absolute Gasteiger partial charge is 0.338 e. The van der Waals surface area contributed by atoms with Crippen molar-refractivity contribution in [1.29, 1.82) is 0 Å². The van der Waals surface area contributed by atoms with Crippen LogP contribution in [0, 0.1) is 11.8 Å². The molecule has 1 saturated carbocycles. The third-order valence-electron chi connectivity index (χ3n) is 7.00. The number of hydrogen-bond donors (Lipinski definition) is 0. The number of hydrogen-bond acceptors (Lipinski definition) is 10. The number of benzene rings is 2. The summed E-state index contributed by atoms with van der Waals surface area (Å²) in [5.41, 5.74) is 1.36. The lowest BCUT2D eigenvalue weighted by Crippen LogP contribution is -2.27. The normalized spacial score (nSPS) is 16.1. The van der Waals surface area contributed by atoms with Gasteiger partial charge in [-0.3, -0.25) is 9.59 Å². The van der Waals surface area contributed by atoms with Gasteiger partial charge in [-0.25, -0.2) is 9.59 Å². The molecule has 10 heteroatoms. The molecule has 3 rings (SSSR count). The molecule has 0 N–H and O–H groups in total. The molecule has 0 spiro atoms. The predicted octanol–water partition coefficient (Wildman–Crippen LogP) is 4.53. The van der Waals surface area contributed by atoms with Crippen LogP contribution in [0.25, 0.3) is 0 Å². The van der Waals surface area contributed by atoms with E-state index in [-0.39, 0.29) is 43.4 Å². The monoisotopic (exact) mass is 596 g/mol. The Balaban J connectivity index is 1.25. The van der Waals surface area contributed by atoms with E-state index in [2.05, 4.69) is 6.58 Å². The van der Waals surface area contributed by atoms with Crippen molar-refractivity contribution in [2.75, 3.05) is 46.2 Å². The van der Waals surface area contributed by atoms with Gasteiger partial charge < -0.3 is 28.4 Å². The predicted molar refractivity (Wildman–Crippen MR) is 157 cm³/mol. The minimum absolute atomic E-state index is 0.0652. The number of Topliss-reactive ketones (excluding diaryl/α,β-unsaturated/α-hetero) is 1. The molecule has 2 aromatic rings. The molecule has 0 radical (unpaired) electrons. The number of rotatable bonds is 18. The van der Waals surface area contributed by atoms with Crippen molar-refractivity contribution in [2.24, 2.45) is 11.8 Å². The van der Waals surface area contributed by atoms with Gasteiger partial charge in [-0.05, 0) is 74.6 Å². The van der Waals surface area contributed by atoms with Gasteiger partial charge >= 0.3 is 17.9 Å². The van der Waals surface area contributed by atoms with Crippen LogP contribution in [-0.2, 0) is 39.8 Å². The summed E-state index contributed by atoms with van der Waals surface area (Å²) in [6.07, 6.45) is 4.44. The summed E-state index contributed by atoms with van der Waals surface area (Å²) in [6.45, 7) is 7.02. The van der Waals surface area contributed by atoms with Gasteiger partial charge in [0.25, 0.3) is 0 Å². The average molecular weight is 597 g/mol. The summed E-state index contributed by atoms with van der Waals surface area (Å²) in [6, 6.07) is 13.8. The van der Waals surface area contributed by atoms with E-state index in [9.17, 15) is 19.2 Å². The zero-order valence-electron chi connectivity index (χ0n) is 24.6. The Kier molecular flexibility index (Phi) is 14.4. The zero-order chi connectivity index (χ0) is 30.9. The third kappa shape index (κ3) is 12.4. The van der Waals surface area contributed by atoms with Crippen LogP contribution in [-0.4, -0.2) is 69.9 Å². The minimum Gasteiger partial charge on any atom is -0.491 e. The third-order valence-corrected chi connectivity index (χ3v) is 7.00. The van der Waals surface area contributed by atoms with E-state index in [0.29, 0.717) is 62.8 Å². The molecule has 0 atom stereocenters. The standard InChI is InChI=1S/C33H40O10/c1-3-31(35)41-23-21-39-19-18-38-20-22-40-29-14-10-27(11-15-29)32(36)42-17-16-25-4-12-30(13-5-25)43-33(37)28-8-6-26(7-9-28)24(2)34/h3-5,10-15,26,28H,1,6-9,16-23H2,2H3. The lowest BCUT2D eigenvalue weighted by molar-refractivity contribution is -0.141. The Morgan fingerprint density at radius 2 is 1.30 bits per heavy atom. The number of ketones is 1. The van der Waals surface area contributed by atoms with Crippen LogP contribution in [0.2, 0.25) is 0 Å². The van der Waals surface area contributed by atoms with E-state index in [0.717, 1.165) is 24.5 Å². The van der Waals surface area contributed by atoms with Crippen LogP contribution in [0.15, 0.2) is 61.2 Å². The fourth-order valence-corrected chi connectivity index (χ4v) is 4.49. The second-order valence-corrected chi connectivity index (χ2v) is 10.1. The molecule has 43 heavy (non-hydrogen) atoms. The Morgan fingerprint density at radius 3 is 1.93 bits per heavy atom. The van der Waals surface area contributed by atoms with Gasteiger partial charge in [0.2, 0.25) is 0 Å². The van der Waals surface area contributed by atoms with Crippen molar-refractivity contribution >= 4 is 23.7 Å². The first-order valence-corrected chi connectivity index (χ1v) is 14.5. The lowest BCUT2D eigenvalue weighted by Gasteiger charge is -2.25. The van der Waals surface area contributed by atoms with Crippen molar-refractivity contribution in [3.05, 3.63) is 72.3 Å². The molecular formula is C33H40O10. The van der Waals surface area contributed by atoms with E-state index in [1.165, 1.54) is 0 Å². The first-order valence-electron chi connectivity index (χ1n) is 14.5. The number of carbonyl (C=O) groups excluding carboxylic acids is 4. The highest BCUT2D eigenvalue weighted by atomic mass is 16.6. The second-order valence-electron chi connectivity index (χ2n) is 10.1. The molecule has 0 heterocycles. The molecule has 0 unspecified atom stereocenters. The van der Waals surface area contributed by atoms with Crippen molar-refractivity contribution < 1.29 is 47.6 Å². The van der Waals surface area contributed by atoms with Gasteiger partial charge in [0.1, 0.15) is 30.5 Å². The molecule has 2 aromatic carbocycles. The highest BCUT2D eigenvalue weighted by molar-refractivity contribution is 5.89. The summed E-state index contributed by atoms with van der Waals surface area (Å²) in [5, 5.41) is 0. The molecule has 10 nitrogen and oxygen atoms in total. The highest BCUT2D eigenvalue weighted by Crippen LogP contribution is 2.30. The van der Waals surface area contributed by atoms with E-state index >= 15 is 0 Å². The summed E-state index contributed by atoms with van der Waals surface area (Å²) >= 11 is 0. The molecule has 232 valence electrons. The topological polar surface area (TPSA) is 124 Å². The van der Waals surface area contributed by atoms with Crippen molar-refractivity contribution in [3.63, 3.8) is 0 Å². The molecule has 1 fully saturated rings. The minimum atomic E-state index is -0.482. The molecule has 0 aromatic heterocycles. The Labute approximate surface area is 252 Å². The fraction of sp³-hybridized carbons (Fsp3) is 0.455. The SMILES string of the molecule is C=CC(=O)OCCOCCOCCOc1ccc(C(=O)OCCc2ccc(OC(=O)C3CCC(C(C)=O)CC3)cc2)cc1. The average Bonchev–Trinajstić information content (AvgIpc) is 3.02.